The Hall–Kier alpha value is 0.150. The van der Waals surface area contributed by atoms with E-state index in [-0.39, 0.29) is 21.0 Å². The van der Waals surface area contributed by atoms with Gasteiger partial charge >= 0.3 is 0 Å². The number of piperidine rings is 1. The Labute approximate surface area is 144 Å². The molecule has 1 aliphatic heterocycles. The minimum Gasteiger partial charge on any atom is -0.317 e. The summed E-state index contributed by atoms with van der Waals surface area (Å²) in [5.41, 5.74) is 0. The molecular formula is C13H17BrCl2N2O2S. The maximum atomic E-state index is 12.9. The van der Waals surface area contributed by atoms with E-state index < -0.39 is 10.0 Å². The molecule has 8 heteroatoms. The molecule has 1 heterocycles. The van der Waals surface area contributed by atoms with Crippen LogP contribution in [0.3, 0.4) is 0 Å². The topological polar surface area (TPSA) is 49.4 Å². The van der Waals surface area contributed by atoms with Crippen molar-refractivity contribution in [3.05, 3.63) is 26.7 Å². The van der Waals surface area contributed by atoms with Crippen LogP contribution in [0.1, 0.15) is 19.8 Å². The lowest BCUT2D eigenvalue weighted by Crippen LogP contribution is -2.46. The van der Waals surface area contributed by atoms with Crippen LogP contribution in [0.25, 0.3) is 0 Å². The maximum absolute atomic E-state index is 12.9. The molecule has 4 nitrogen and oxygen atoms in total. The first-order valence-corrected chi connectivity index (χ1v) is 9.74. The zero-order valence-corrected chi connectivity index (χ0v) is 15.5. The first-order valence-electron chi connectivity index (χ1n) is 6.75. The van der Waals surface area contributed by atoms with E-state index in [4.69, 9.17) is 23.2 Å². The van der Waals surface area contributed by atoms with E-state index in [0.717, 1.165) is 25.9 Å². The molecule has 0 bridgehead atoms. The normalized spacial score (nSPS) is 17.4. The highest BCUT2D eigenvalue weighted by molar-refractivity contribution is 9.10. The van der Waals surface area contributed by atoms with Gasteiger partial charge in [-0.3, -0.25) is 0 Å². The van der Waals surface area contributed by atoms with Gasteiger partial charge in [0.25, 0.3) is 0 Å². The second-order valence-corrected chi connectivity index (χ2v) is 8.45. The summed E-state index contributed by atoms with van der Waals surface area (Å²) in [6, 6.07) is 3.09. The second-order valence-electron chi connectivity index (χ2n) is 4.89. The molecule has 0 spiro atoms. The largest absolute Gasteiger partial charge is 0.317 e. The van der Waals surface area contributed by atoms with Crippen molar-refractivity contribution in [2.45, 2.75) is 30.7 Å². The van der Waals surface area contributed by atoms with Crippen LogP contribution in [0.5, 0.6) is 0 Å². The fourth-order valence-corrected chi connectivity index (χ4v) is 6.19. The fourth-order valence-electron chi connectivity index (χ4n) is 2.61. The van der Waals surface area contributed by atoms with Crippen molar-refractivity contribution in [2.75, 3.05) is 19.6 Å². The van der Waals surface area contributed by atoms with E-state index in [1.165, 1.54) is 4.31 Å². The van der Waals surface area contributed by atoms with Crippen molar-refractivity contribution in [1.82, 2.24) is 9.62 Å². The minimum atomic E-state index is -3.71. The third-order valence-electron chi connectivity index (χ3n) is 3.56. The summed E-state index contributed by atoms with van der Waals surface area (Å²) in [5.74, 6) is 0. The Morgan fingerprint density at radius 3 is 2.29 bits per heavy atom. The number of hydrogen-bond donors (Lipinski definition) is 1. The first kappa shape index (κ1) is 17.5. The fraction of sp³-hybridized carbons (Fsp3) is 0.538. The summed E-state index contributed by atoms with van der Waals surface area (Å²) in [7, 11) is -3.71. The average Bonchev–Trinajstić information content (AvgIpc) is 2.38. The summed E-state index contributed by atoms with van der Waals surface area (Å²) in [5, 5.41) is 3.52. The Balaban J connectivity index is 2.44. The lowest BCUT2D eigenvalue weighted by Gasteiger charge is -2.33. The van der Waals surface area contributed by atoms with Crippen molar-refractivity contribution >= 4 is 49.2 Å². The molecule has 21 heavy (non-hydrogen) atoms. The SMILES string of the molecule is CCN(C1CCNCC1)S(=O)(=O)c1c(Cl)cc(Br)cc1Cl. The molecule has 118 valence electrons. The lowest BCUT2D eigenvalue weighted by atomic mass is 10.1. The Morgan fingerprint density at radius 1 is 1.29 bits per heavy atom. The van der Waals surface area contributed by atoms with Crippen LogP contribution in [0, 0.1) is 0 Å². The van der Waals surface area contributed by atoms with E-state index in [2.05, 4.69) is 21.2 Å². The lowest BCUT2D eigenvalue weighted by molar-refractivity contribution is 0.271. The Kier molecular flexibility index (Phi) is 5.96. The predicted octanol–water partition coefficient (Wildman–Crippen LogP) is 3.52. The molecule has 1 N–H and O–H groups in total. The van der Waals surface area contributed by atoms with E-state index in [0.29, 0.717) is 11.0 Å². The van der Waals surface area contributed by atoms with Crippen molar-refractivity contribution in [3.8, 4) is 0 Å². The smallest absolute Gasteiger partial charge is 0.246 e. The van der Waals surface area contributed by atoms with Crippen LogP contribution < -0.4 is 5.32 Å². The van der Waals surface area contributed by atoms with Crippen LogP contribution in [-0.2, 0) is 10.0 Å². The molecule has 1 aromatic rings. The van der Waals surface area contributed by atoms with E-state index >= 15 is 0 Å². The molecule has 0 amide bonds. The molecule has 1 aromatic carbocycles. The van der Waals surface area contributed by atoms with Gasteiger partial charge in [-0.15, -0.1) is 0 Å². The summed E-state index contributed by atoms with van der Waals surface area (Å²) in [6.45, 7) is 3.87. The number of rotatable bonds is 4. The first-order chi connectivity index (χ1) is 9.87. The molecule has 0 atom stereocenters. The monoisotopic (exact) mass is 414 g/mol. The number of hydrogen-bond acceptors (Lipinski definition) is 3. The van der Waals surface area contributed by atoms with Gasteiger partial charge in [0.2, 0.25) is 10.0 Å². The van der Waals surface area contributed by atoms with Gasteiger partial charge in [0.15, 0.2) is 0 Å². The zero-order valence-electron chi connectivity index (χ0n) is 11.6. The van der Waals surface area contributed by atoms with Gasteiger partial charge in [0.05, 0.1) is 10.0 Å². The number of nitrogens with one attached hydrogen (secondary N) is 1. The van der Waals surface area contributed by atoms with Crippen molar-refractivity contribution in [1.29, 1.82) is 0 Å². The molecule has 1 saturated heterocycles. The molecule has 0 aliphatic carbocycles. The number of halogens is 3. The standard InChI is InChI=1S/C13H17BrCl2N2O2S/c1-2-18(10-3-5-17-6-4-10)21(19,20)13-11(15)7-9(14)8-12(13)16/h7-8,10,17H,2-6H2,1H3. The number of nitrogens with zero attached hydrogens (tertiary/aromatic N) is 1. The summed E-state index contributed by atoms with van der Waals surface area (Å²) in [6.07, 6.45) is 1.58. The molecule has 0 radical (unpaired) electrons. The van der Waals surface area contributed by atoms with Crippen molar-refractivity contribution in [3.63, 3.8) is 0 Å². The Bertz CT molecular complexity index is 596. The van der Waals surface area contributed by atoms with Crippen LogP contribution in [0.15, 0.2) is 21.5 Å². The third kappa shape index (κ3) is 3.74. The van der Waals surface area contributed by atoms with Gasteiger partial charge in [0, 0.05) is 17.1 Å². The third-order valence-corrected chi connectivity index (χ3v) is 6.97. The molecule has 0 unspecified atom stereocenters. The average molecular weight is 416 g/mol. The zero-order chi connectivity index (χ0) is 15.6. The van der Waals surface area contributed by atoms with E-state index in [1.54, 1.807) is 12.1 Å². The van der Waals surface area contributed by atoms with Gasteiger partial charge < -0.3 is 5.32 Å². The summed E-state index contributed by atoms with van der Waals surface area (Å²) >= 11 is 15.5. The Morgan fingerprint density at radius 2 is 1.81 bits per heavy atom. The summed E-state index contributed by atoms with van der Waals surface area (Å²) < 4.78 is 28.0. The maximum Gasteiger partial charge on any atom is 0.246 e. The predicted molar refractivity (Wildman–Crippen MR) is 89.6 cm³/mol. The summed E-state index contributed by atoms with van der Waals surface area (Å²) in [4.78, 5) is -0.00517. The van der Waals surface area contributed by atoms with E-state index in [9.17, 15) is 8.42 Å². The molecule has 0 saturated carbocycles. The molecule has 1 fully saturated rings. The van der Waals surface area contributed by atoms with Gasteiger partial charge in [-0.1, -0.05) is 46.1 Å². The minimum absolute atomic E-state index is 0.00517. The quantitative estimate of drug-likeness (QED) is 0.818. The number of benzene rings is 1. The molecule has 2 rings (SSSR count). The molecular weight excluding hydrogens is 399 g/mol. The number of sulfonamides is 1. The van der Waals surface area contributed by atoms with Crippen LogP contribution in [-0.4, -0.2) is 38.4 Å². The van der Waals surface area contributed by atoms with Gasteiger partial charge in [-0.2, -0.15) is 4.31 Å². The van der Waals surface area contributed by atoms with Crippen molar-refractivity contribution < 1.29 is 8.42 Å². The van der Waals surface area contributed by atoms with Crippen molar-refractivity contribution in [2.24, 2.45) is 0 Å². The second kappa shape index (κ2) is 7.15. The van der Waals surface area contributed by atoms with Crippen LogP contribution in [0.2, 0.25) is 10.0 Å². The van der Waals surface area contributed by atoms with Gasteiger partial charge in [-0.05, 0) is 38.1 Å². The van der Waals surface area contributed by atoms with E-state index in [1.807, 2.05) is 6.92 Å². The molecule has 0 aromatic heterocycles. The van der Waals surface area contributed by atoms with Crippen LogP contribution in [0.4, 0.5) is 0 Å². The molecule has 1 aliphatic rings. The highest BCUT2D eigenvalue weighted by Crippen LogP contribution is 2.35. The highest BCUT2D eigenvalue weighted by Gasteiger charge is 2.34. The van der Waals surface area contributed by atoms with Crippen LogP contribution >= 0.6 is 39.1 Å². The van der Waals surface area contributed by atoms with Gasteiger partial charge in [-0.25, -0.2) is 8.42 Å². The van der Waals surface area contributed by atoms with Gasteiger partial charge in [0.1, 0.15) is 4.90 Å². The highest BCUT2D eigenvalue weighted by atomic mass is 79.9.